The van der Waals surface area contributed by atoms with Crippen molar-refractivity contribution < 1.29 is 9.53 Å². The Morgan fingerprint density at radius 1 is 1.11 bits per heavy atom. The van der Waals surface area contributed by atoms with Gasteiger partial charge in [-0.2, -0.15) is 0 Å². The van der Waals surface area contributed by atoms with Crippen molar-refractivity contribution in [2.24, 2.45) is 0 Å². The highest BCUT2D eigenvalue weighted by atomic mass is 16.5. The zero-order chi connectivity index (χ0) is 18.6. The molecule has 2 aliphatic heterocycles. The highest BCUT2D eigenvalue weighted by Gasteiger charge is 2.27. The molecule has 0 radical (unpaired) electrons. The van der Waals surface area contributed by atoms with Gasteiger partial charge in [0, 0.05) is 32.1 Å². The van der Waals surface area contributed by atoms with Crippen LogP contribution in [0.3, 0.4) is 0 Å². The average molecular weight is 366 g/mol. The lowest BCUT2D eigenvalue weighted by molar-refractivity contribution is 0.222. The fourth-order valence-electron chi connectivity index (χ4n) is 3.89. The van der Waals surface area contributed by atoms with Crippen molar-refractivity contribution in [2.75, 3.05) is 43.5 Å². The summed E-state index contributed by atoms with van der Waals surface area (Å²) < 4.78 is 5.21. The quantitative estimate of drug-likeness (QED) is 0.896. The second-order valence-electron chi connectivity index (χ2n) is 7.23. The molecule has 3 heterocycles. The van der Waals surface area contributed by atoms with E-state index in [0.717, 1.165) is 49.9 Å². The van der Waals surface area contributed by atoms with E-state index in [1.165, 1.54) is 18.4 Å². The third-order valence-corrected chi connectivity index (χ3v) is 5.49. The first-order valence-electron chi connectivity index (χ1n) is 9.64. The maximum absolute atomic E-state index is 12.6. The minimum Gasteiger partial charge on any atom is -0.497 e. The van der Waals surface area contributed by atoms with Crippen molar-refractivity contribution in [3.63, 3.8) is 0 Å². The Hall–Kier alpha value is -2.76. The highest BCUT2D eigenvalue weighted by molar-refractivity contribution is 5.89. The number of urea groups is 1. The van der Waals surface area contributed by atoms with E-state index < -0.39 is 0 Å². The molecular weight excluding hydrogens is 340 g/mol. The number of nitrogens with one attached hydrogen (secondary N) is 1. The van der Waals surface area contributed by atoms with E-state index >= 15 is 0 Å². The normalized spacial score (nSPS) is 19.4. The van der Waals surface area contributed by atoms with Crippen LogP contribution < -0.4 is 15.0 Å². The summed E-state index contributed by atoms with van der Waals surface area (Å²) in [6.07, 6.45) is 5.18. The van der Waals surface area contributed by atoms with Gasteiger partial charge in [0.1, 0.15) is 11.6 Å². The number of carbonyl (C=O) groups excluding carboxylic acids is 1. The Balaban J connectivity index is 1.33. The van der Waals surface area contributed by atoms with Crippen molar-refractivity contribution in [2.45, 2.75) is 25.2 Å². The van der Waals surface area contributed by atoms with Gasteiger partial charge in [0.25, 0.3) is 0 Å². The number of carbonyl (C=O) groups is 1. The molecule has 2 amide bonds. The van der Waals surface area contributed by atoms with Crippen molar-refractivity contribution in [1.29, 1.82) is 0 Å². The lowest BCUT2D eigenvalue weighted by Crippen LogP contribution is -2.32. The molecule has 142 valence electrons. The van der Waals surface area contributed by atoms with Gasteiger partial charge in [-0.25, -0.2) is 9.78 Å². The lowest BCUT2D eigenvalue weighted by Gasteiger charge is -2.19. The van der Waals surface area contributed by atoms with Gasteiger partial charge in [0.2, 0.25) is 0 Å². The molecule has 0 saturated carbocycles. The Bertz CT molecular complexity index is 770. The maximum Gasteiger partial charge on any atom is 0.321 e. The summed E-state index contributed by atoms with van der Waals surface area (Å²) in [5, 5.41) is 2.98. The fourth-order valence-corrected chi connectivity index (χ4v) is 3.89. The highest BCUT2D eigenvalue weighted by Crippen LogP contribution is 2.29. The molecule has 6 heteroatoms. The molecule has 0 spiro atoms. The van der Waals surface area contributed by atoms with Gasteiger partial charge in [-0.3, -0.25) is 0 Å². The smallest absolute Gasteiger partial charge is 0.321 e. The predicted molar refractivity (Wildman–Crippen MR) is 107 cm³/mol. The van der Waals surface area contributed by atoms with Crippen LogP contribution in [0.15, 0.2) is 42.6 Å². The number of likely N-dealkylation sites (tertiary alicyclic amines) is 1. The van der Waals surface area contributed by atoms with E-state index in [1.807, 2.05) is 29.2 Å². The van der Waals surface area contributed by atoms with Crippen LogP contribution in [0.2, 0.25) is 0 Å². The number of anilines is 2. The van der Waals surface area contributed by atoms with E-state index in [1.54, 1.807) is 13.3 Å². The van der Waals surface area contributed by atoms with E-state index in [9.17, 15) is 4.79 Å². The Kier molecular flexibility index (Phi) is 5.14. The summed E-state index contributed by atoms with van der Waals surface area (Å²) in [6, 6.07) is 12.0. The van der Waals surface area contributed by atoms with Gasteiger partial charge in [0.05, 0.1) is 19.0 Å². The van der Waals surface area contributed by atoms with Gasteiger partial charge < -0.3 is 19.9 Å². The van der Waals surface area contributed by atoms with Crippen LogP contribution in [-0.4, -0.2) is 49.2 Å². The summed E-state index contributed by atoms with van der Waals surface area (Å²) in [5.74, 6) is 2.22. The molecule has 27 heavy (non-hydrogen) atoms. The number of hydrogen-bond donors (Lipinski definition) is 1. The minimum absolute atomic E-state index is 0.0539. The second kappa shape index (κ2) is 7.86. The Morgan fingerprint density at radius 2 is 1.89 bits per heavy atom. The average Bonchev–Trinajstić information content (AvgIpc) is 3.41. The number of ether oxygens (including phenoxy) is 1. The first-order chi connectivity index (χ1) is 13.2. The molecule has 2 aliphatic rings. The fraction of sp³-hybridized carbons (Fsp3) is 0.429. The number of nitrogens with zero attached hydrogens (tertiary/aromatic N) is 3. The number of benzene rings is 1. The number of amides is 2. The third kappa shape index (κ3) is 3.99. The van der Waals surface area contributed by atoms with E-state index in [2.05, 4.69) is 27.3 Å². The van der Waals surface area contributed by atoms with Crippen LogP contribution in [0, 0.1) is 0 Å². The van der Waals surface area contributed by atoms with Crippen molar-refractivity contribution in [3.05, 3.63) is 48.2 Å². The van der Waals surface area contributed by atoms with Crippen LogP contribution in [0.1, 0.15) is 30.7 Å². The first-order valence-corrected chi connectivity index (χ1v) is 9.64. The van der Waals surface area contributed by atoms with E-state index in [-0.39, 0.29) is 6.03 Å². The van der Waals surface area contributed by atoms with Gasteiger partial charge >= 0.3 is 6.03 Å². The molecule has 2 fully saturated rings. The monoisotopic (exact) mass is 366 g/mol. The van der Waals surface area contributed by atoms with Crippen LogP contribution in [0.4, 0.5) is 16.3 Å². The standard InChI is InChI=1S/C21H26N4O2/c1-27-19-7-4-16(5-8-19)17-10-13-25(15-17)21(26)23-18-6-9-20(22-14-18)24-11-2-3-12-24/h4-9,14,17H,2-3,10-13,15H2,1H3,(H,23,26). The molecule has 0 aliphatic carbocycles. The van der Waals surface area contributed by atoms with Gasteiger partial charge in [-0.05, 0) is 49.1 Å². The topological polar surface area (TPSA) is 57.7 Å². The number of hydrogen-bond acceptors (Lipinski definition) is 4. The molecule has 2 aromatic rings. The first kappa shape index (κ1) is 17.6. The number of pyridine rings is 1. The molecular formula is C21H26N4O2. The van der Waals surface area contributed by atoms with Gasteiger partial charge in [0.15, 0.2) is 0 Å². The molecule has 1 atom stereocenters. The summed E-state index contributed by atoms with van der Waals surface area (Å²) in [4.78, 5) is 21.3. The molecule has 1 aromatic heterocycles. The van der Waals surface area contributed by atoms with Gasteiger partial charge in [-0.15, -0.1) is 0 Å². The van der Waals surface area contributed by atoms with E-state index in [0.29, 0.717) is 5.92 Å². The van der Waals surface area contributed by atoms with Crippen LogP contribution >= 0.6 is 0 Å². The molecule has 1 N–H and O–H groups in total. The second-order valence-corrected chi connectivity index (χ2v) is 7.23. The van der Waals surface area contributed by atoms with Crippen LogP contribution in [0.25, 0.3) is 0 Å². The zero-order valence-electron chi connectivity index (χ0n) is 15.7. The van der Waals surface area contributed by atoms with Crippen LogP contribution in [-0.2, 0) is 0 Å². The van der Waals surface area contributed by atoms with Crippen molar-refractivity contribution in [1.82, 2.24) is 9.88 Å². The third-order valence-electron chi connectivity index (χ3n) is 5.49. The number of methoxy groups -OCH3 is 1. The van der Waals surface area contributed by atoms with Gasteiger partial charge in [-0.1, -0.05) is 12.1 Å². The van der Waals surface area contributed by atoms with Crippen LogP contribution in [0.5, 0.6) is 5.75 Å². The molecule has 6 nitrogen and oxygen atoms in total. The number of rotatable bonds is 4. The molecule has 2 saturated heterocycles. The molecule has 1 aromatic carbocycles. The van der Waals surface area contributed by atoms with Crippen molar-refractivity contribution in [3.8, 4) is 5.75 Å². The molecule has 4 rings (SSSR count). The predicted octanol–water partition coefficient (Wildman–Crippen LogP) is 3.71. The SMILES string of the molecule is COc1ccc(C2CCN(C(=O)Nc3ccc(N4CCCC4)nc3)C2)cc1. The summed E-state index contributed by atoms with van der Waals surface area (Å²) in [6.45, 7) is 3.64. The minimum atomic E-state index is -0.0539. The Labute approximate surface area is 160 Å². The van der Waals surface area contributed by atoms with E-state index in [4.69, 9.17) is 4.74 Å². The summed E-state index contributed by atoms with van der Waals surface area (Å²) >= 11 is 0. The molecule has 1 unspecified atom stereocenters. The zero-order valence-corrected chi connectivity index (χ0v) is 15.7. The lowest BCUT2D eigenvalue weighted by atomic mass is 9.98. The Morgan fingerprint density at radius 3 is 2.56 bits per heavy atom. The van der Waals surface area contributed by atoms with Crippen molar-refractivity contribution >= 4 is 17.5 Å². The maximum atomic E-state index is 12.6. The number of aromatic nitrogens is 1. The molecule has 0 bridgehead atoms. The summed E-state index contributed by atoms with van der Waals surface area (Å²) in [5.41, 5.74) is 2.00. The largest absolute Gasteiger partial charge is 0.497 e. The summed E-state index contributed by atoms with van der Waals surface area (Å²) in [7, 11) is 1.67.